The molecule has 1 fully saturated rings. The fourth-order valence-corrected chi connectivity index (χ4v) is 2.91. The largest absolute Gasteiger partial charge is 0.387 e. The van der Waals surface area contributed by atoms with Crippen molar-refractivity contribution in [3.63, 3.8) is 0 Å². The van der Waals surface area contributed by atoms with Crippen molar-refractivity contribution in [1.29, 1.82) is 0 Å². The van der Waals surface area contributed by atoms with E-state index >= 15 is 0 Å². The predicted molar refractivity (Wildman–Crippen MR) is 66.0 cm³/mol. The van der Waals surface area contributed by atoms with Crippen LogP contribution in [-0.2, 0) is 14.3 Å². The SMILES string of the molecule is CC[C@H]1O[C@@H](C2C=CC(=O)CC2=O)[C@@](C)(O)[C@@H]1C. The van der Waals surface area contributed by atoms with Gasteiger partial charge in [-0.1, -0.05) is 19.9 Å². The number of ether oxygens (including phenoxy) is 1. The van der Waals surface area contributed by atoms with E-state index in [2.05, 4.69) is 0 Å². The molecule has 0 aromatic heterocycles. The highest BCUT2D eigenvalue weighted by Gasteiger charge is 2.53. The number of carbonyl (C=O) groups is 2. The summed E-state index contributed by atoms with van der Waals surface area (Å²) in [6.07, 6.45) is 3.14. The lowest BCUT2D eigenvalue weighted by Crippen LogP contribution is -2.46. The molecule has 0 bridgehead atoms. The van der Waals surface area contributed by atoms with E-state index in [1.807, 2.05) is 13.8 Å². The zero-order chi connectivity index (χ0) is 13.5. The van der Waals surface area contributed by atoms with Crippen LogP contribution in [-0.4, -0.2) is 34.5 Å². The fraction of sp³-hybridized carbons (Fsp3) is 0.714. The third-order valence-corrected chi connectivity index (χ3v) is 4.32. The first-order valence-electron chi connectivity index (χ1n) is 6.49. The summed E-state index contributed by atoms with van der Waals surface area (Å²) in [5.74, 6) is -0.853. The van der Waals surface area contributed by atoms with Gasteiger partial charge >= 0.3 is 0 Å². The van der Waals surface area contributed by atoms with Gasteiger partial charge in [-0.25, -0.2) is 0 Å². The first-order chi connectivity index (χ1) is 8.37. The minimum Gasteiger partial charge on any atom is -0.387 e. The number of allylic oxidation sites excluding steroid dienone is 1. The molecule has 100 valence electrons. The molecule has 0 saturated carbocycles. The number of carbonyl (C=O) groups excluding carboxylic acids is 2. The topological polar surface area (TPSA) is 63.6 Å². The molecule has 5 atom stereocenters. The van der Waals surface area contributed by atoms with Crippen LogP contribution in [0.2, 0.25) is 0 Å². The van der Waals surface area contributed by atoms with E-state index in [4.69, 9.17) is 4.74 Å². The minimum absolute atomic E-state index is 0.0219. The van der Waals surface area contributed by atoms with Crippen LogP contribution in [0.15, 0.2) is 12.2 Å². The number of aliphatic hydroxyl groups is 1. The molecule has 4 heteroatoms. The van der Waals surface area contributed by atoms with Crippen LogP contribution in [0.5, 0.6) is 0 Å². The van der Waals surface area contributed by atoms with Crippen LogP contribution in [0.25, 0.3) is 0 Å². The van der Waals surface area contributed by atoms with E-state index in [1.165, 1.54) is 6.08 Å². The Kier molecular flexibility index (Phi) is 3.43. The molecule has 18 heavy (non-hydrogen) atoms. The highest BCUT2D eigenvalue weighted by molar-refractivity contribution is 6.08. The molecule has 0 radical (unpaired) electrons. The molecule has 0 amide bonds. The van der Waals surface area contributed by atoms with E-state index < -0.39 is 17.6 Å². The molecule has 1 unspecified atom stereocenters. The van der Waals surface area contributed by atoms with Crippen LogP contribution in [0.1, 0.15) is 33.6 Å². The Morgan fingerprint density at radius 2 is 2.17 bits per heavy atom. The number of ketones is 2. The summed E-state index contributed by atoms with van der Waals surface area (Å²) in [5.41, 5.74) is -1.04. The Morgan fingerprint density at radius 1 is 1.50 bits per heavy atom. The second-order valence-corrected chi connectivity index (χ2v) is 5.51. The van der Waals surface area contributed by atoms with E-state index in [9.17, 15) is 14.7 Å². The zero-order valence-corrected chi connectivity index (χ0v) is 11.1. The summed E-state index contributed by atoms with van der Waals surface area (Å²) < 4.78 is 5.85. The van der Waals surface area contributed by atoms with Crippen molar-refractivity contribution in [1.82, 2.24) is 0 Å². The molecule has 0 aromatic carbocycles. The Balaban J connectivity index is 2.26. The lowest BCUT2D eigenvalue weighted by atomic mass is 9.77. The lowest BCUT2D eigenvalue weighted by Gasteiger charge is -2.32. The van der Waals surface area contributed by atoms with Gasteiger partial charge in [0.05, 0.1) is 30.1 Å². The number of Topliss-reactive ketones (excluding diaryl/α,β-unsaturated/α-hetero) is 1. The van der Waals surface area contributed by atoms with Crippen molar-refractivity contribution in [2.24, 2.45) is 11.8 Å². The monoisotopic (exact) mass is 252 g/mol. The number of hydrogen-bond donors (Lipinski definition) is 1. The Hall–Kier alpha value is -1.00. The third-order valence-electron chi connectivity index (χ3n) is 4.32. The lowest BCUT2D eigenvalue weighted by molar-refractivity contribution is -0.135. The maximum absolute atomic E-state index is 11.9. The number of rotatable bonds is 2. The maximum atomic E-state index is 11.9. The molecule has 1 saturated heterocycles. The zero-order valence-electron chi connectivity index (χ0n) is 11.1. The summed E-state index contributed by atoms with van der Waals surface area (Å²) in [7, 11) is 0. The van der Waals surface area contributed by atoms with Crippen LogP contribution >= 0.6 is 0 Å². The van der Waals surface area contributed by atoms with Gasteiger partial charge in [0, 0.05) is 5.92 Å². The smallest absolute Gasteiger partial charge is 0.162 e. The van der Waals surface area contributed by atoms with Crippen molar-refractivity contribution in [3.05, 3.63) is 12.2 Å². The predicted octanol–water partition coefficient (Wildman–Crippen LogP) is 1.27. The van der Waals surface area contributed by atoms with Crippen LogP contribution in [0, 0.1) is 11.8 Å². The summed E-state index contributed by atoms with van der Waals surface area (Å²) >= 11 is 0. The Morgan fingerprint density at radius 3 is 2.67 bits per heavy atom. The highest BCUT2D eigenvalue weighted by atomic mass is 16.5. The Labute approximate surface area is 107 Å². The van der Waals surface area contributed by atoms with Crippen LogP contribution in [0.4, 0.5) is 0 Å². The van der Waals surface area contributed by atoms with Gasteiger partial charge in [0.1, 0.15) is 5.78 Å². The molecule has 1 aliphatic carbocycles. The van der Waals surface area contributed by atoms with Gasteiger partial charge < -0.3 is 9.84 Å². The molecule has 1 aliphatic heterocycles. The number of hydrogen-bond acceptors (Lipinski definition) is 4. The van der Waals surface area contributed by atoms with Crippen molar-refractivity contribution in [3.8, 4) is 0 Å². The van der Waals surface area contributed by atoms with E-state index in [-0.39, 0.29) is 30.0 Å². The standard InChI is InChI=1S/C14H20O4/c1-4-12-8(2)14(3,17)13(18-12)10-6-5-9(15)7-11(10)16/h5-6,8,10,12-13,17H,4,7H2,1-3H3/t8-,10?,12-,13+,14+/m1/s1. The van der Waals surface area contributed by atoms with Crippen molar-refractivity contribution in [2.45, 2.75) is 51.4 Å². The fourth-order valence-electron chi connectivity index (χ4n) is 2.91. The normalized spacial score (nSPS) is 44.7. The molecule has 1 N–H and O–H groups in total. The molecule has 1 heterocycles. The second-order valence-electron chi connectivity index (χ2n) is 5.51. The average Bonchev–Trinajstić information content (AvgIpc) is 2.52. The van der Waals surface area contributed by atoms with Gasteiger partial charge in [0.25, 0.3) is 0 Å². The molecule has 2 aliphatic rings. The van der Waals surface area contributed by atoms with Crippen LogP contribution < -0.4 is 0 Å². The molecule has 2 rings (SSSR count). The van der Waals surface area contributed by atoms with Gasteiger partial charge in [-0.15, -0.1) is 0 Å². The van der Waals surface area contributed by atoms with Crippen molar-refractivity contribution in [2.75, 3.05) is 0 Å². The Bertz CT molecular complexity index is 397. The van der Waals surface area contributed by atoms with Gasteiger partial charge in [-0.2, -0.15) is 0 Å². The third kappa shape index (κ3) is 2.04. The summed E-state index contributed by atoms with van der Waals surface area (Å²) in [4.78, 5) is 23.1. The summed E-state index contributed by atoms with van der Waals surface area (Å²) in [5, 5.41) is 10.6. The van der Waals surface area contributed by atoms with Gasteiger partial charge in [0.2, 0.25) is 0 Å². The quantitative estimate of drug-likeness (QED) is 0.752. The van der Waals surface area contributed by atoms with E-state index in [0.29, 0.717) is 0 Å². The molecule has 0 aromatic rings. The molecule has 4 nitrogen and oxygen atoms in total. The first-order valence-corrected chi connectivity index (χ1v) is 6.49. The second kappa shape index (κ2) is 4.59. The first kappa shape index (κ1) is 13.4. The van der Waals surface area contributed by atoms with Gasteiger partial charge in [-0.05, 0) is 19.4 Å². The summed E-state index contributed by atoms with van der Waals surface area (Å²) in [6, 6.07) is 0. The molecular weight excluding hydrogens is 232 g/mol. The average molecular weight is 252 g/mol. The molecular formula is C14H20O4. The highest BCUT2D eigenvalue weighted by Crippen LogP contribution is 2.41. The van der Waals surface area contributed by atoms with E-state index in [1.54, 1.807) is 13.0 Å². The summed E-state index contributed by atoms with van der Waals surface area (Å²) in [6.45, 7) is 5.66. The minimum atomic E-state index is -1.04. The van der Waals surface area contributed by atoms with Crippen molar-refractivity contribution < 1.29 is 19.4 Å². The van der Waals surface area contributed by atoms with Crippen molar-refractivity contribution >= 4 is 11.6 Å². The van der Waals surface area contributed by atoms with Gasteiger partial charge in [0.15, 0.2) is 5.78 Å². The van der Waals surface area contributed by atoms with Gasteiger partial charge in [-0.3, -0.25) is 9.59 Å². The maximum Gasteiger partial charge on any atom is 0.162 e. The van der Waals surface area contributed by atoms with Crippen LogP contribution in [0.3, 0.4) is 0 Å². The van der Waals surface area contributed by atoms with E-state index in [0.717, 1.165) is 6.42 Å². The molecule has 0 spiro atoms.